The lowest BCUT2D eigenvalue weighted by Crippen LogP contribution is -1.83. The maximum absolute atomic E-state index is 9.74. The Morgan fingerprint density at radius 1 is 1.62 bits per heavy atom. The van der Waals surface area contributed by atoms with Crippen LogP contribution < -0.4 is 0 Å². The Kier molecular flexibility index (Phi) is 4.23. The van der Waals surface area contributed by atoms with Gasteiger partial charge < -0.3 is 0 Å². The fourth-order valence-electron chi connectivity index (χ4n) is 0.371. The largest absolute Gasteiger partial charge is 0.299 e. The highest BCUT2D eigenvalue weighted by atomic mass is 16.1. The van der Waals surface area contributed by atoms with E-state index < -0.39 is 0 Å². The lowest BCUT2D eigenvalue weighted by atomic mass is 10.1. The van der Waals surface area contributed by atoms with E-state index in [0.717, 1.165) is 12.7 Å². The first kappa shape index (κ1) is 7.41. The summed E-state index contributed by atoms with van der Waals surface area (Å²) in [6.07, 6.45) is 5.37. The van der Waals surface area contributed by atoms with Crippen molar-refractivity contribution in [3.8, 4) is 0 Å². The van der Waals surface area contributed by atoms with Gasteiger partial charge in [-0.3, -0.25) is 4.79 Å². The predicted molar refractivity (Wildman–Crippen MR) is 34.7 cm³/mol. The molecule has 0 saturated heterocycles. The average Bonchev–Trinajstić information content (AvgIpc) is 1.83. The second-order valence-electron chi connectivity index (χ2n) is 1.91. The molecule has 0 amide bonds. The smallest absolute Gasteiger partial charge is 0.142 e. The Labute approximate surface area is 50.4 Å². The van der Waals surface area contributed by atoms with Gasteiger partial charge in [-0.15, -0.1) is 0 Å². The Morgan fingerprint density at radius 3 is 2.62 bits per heavy atom. The Morgan fingerprint density at radius 2 is 2.25 bits per heavy atom. The number of carbonyl (C=O) groups excluding carboxylic acids is 1. The van der Waals surface area contributed by atoms with E-state index in [9.17, 15) is 4.79 Å². The van der Waals surface area contributed by atoms with Gasteiger partial charge in [0.05, 0.1) is 0 Å². The van der Waals surface area contributed by atoms with E-state index in [1.54, 1.807) is 6.08 Å². The summed E-state index contributed by atoms with van der Waals surface area (Å²) in [6.45, 7) is 4.18. The minimum atomic E-state index is 0.542. The molecule has 1 atom stereocenters. The first-order chi connectivity index (χ1) is 3.81. The van der Waals surface area contributed by atoms with Crippen molar-refractivity contribution < 1.29 is 4.79 Å². The van der Waals surface area contributed by atoms with E-state index in [2.05, 4.69) is 13.8 Å². The lowest BCUT2D eigenvalue weighted by molar-refractivity contribution is -0.104. The number of hydrogen-bond acceptors (Lipinski definition) is 1. The number of aldehydes is 1. The standard InChI is InChI=1S/C7H12O/c1-3-7(2)5-4-6-8/h4-7H,3H2,1-2H3/b5-4+/t7-/m1/s1. The van der Waals surface area contributed by atoms with E-state index in [-0.39, 0.29) is 0 Å². The Balaban J connectivity index is 3.35. The molecule has 0 N–H and O–H groups in total. The molecule has 0 spiro atoms. The highest BCUT2D eigenvalue weighted by Crippen LogP contribution is 1.99. The summed E-state index contributed by atoms with van der Waals surface area (Å²) in [6, 6.07) is 0. The fourth-order valence-corrected chi connectivity index (χ4v) is 0.371. The van der Waals surface area contributed by atoms with Crippen LogP contribution >= 0.6 is 0 Å². The van der Waals surface area contributed by atoms with Crippen molar-refractivity contribution in [2.24, 2.45) is 5.92 Å². The zero-order valence-corrected chi connectivity index (χ0v) is 5.42. The summed E-state index contributed by atoms with van der Waals surface area (Å²) in [5.74, 6) is 0.542. The second kappa shape index (κ2) is 4.57. The van der Waals surface area contributed by atoms with Crippen molar-refractivity contribution in [2.75, 3.05) is 0 Å². The minimum Gasteiger partial charge on any atom is -0.299 e. The van der Waals surface area contributed by atoms with Crippen molar-refractivity contribution in [1.82, 2.24) is 0 Å². The molecule has 1 nitrogen and oxygen atoms in total. The van der Waals surface area contributed by atoms with E-state index in [1.807, 2.05) is 6.08 Å². The molecular formula is C7H12O. The molecule has 0 radical (unpaired) electrons. The minimum absolute atomic E-state index is 0.542. The fraction of sp³-hybridized carbons (Fsp3) is 0.571. The molecule has 0 aromatic heterocycles. The van der Waals surface area contributed by atoms with Gasteiger partial charge in [0.1, 0.15) is 6.29 Å². The third kappa shape index (κ3) is 3.59. The van der Waals surface area contributed by atoms with Crippen LogP contribution in [0.2, 0.25) is 0 Å². The molecule has 0 rings (SSSR count). The van der Waals surface area contributed by atoms with Gasteiger partial charge in [0, 0.05) is 0 Å². The van der Waals surface area contributed by atoms with Crippen LogP contribution in [-0.4, -0.2) is 6.29 Å². The first-order valence-electron chi connectivity index (χ1n) is 2.93. The number of carbonyl (C=O) groups is 1. The van der Waals surface area contributed by atoms with Gasteiger partial charge in [0.2, 0.25) is 0 Å². The highest BCUT2D eigenvalue weighted by molar-refractivity contribution is 5.64. The molecule has 8 heavy (non-hydrogen) atoms. The van der Waals surface area contributed by atoms with Gasteiger partial charge in [-0.25, -0.2) is 0 Å². The molecule has 0 bridgehead atoms. The SMILES string of the molecule is CC[C@@H](C)/C=C/C=O. The van der Waals surface area contributed by atoms with E-state index in [1.165, 1.54) is 0 Å². The van der Waals surface area contributed by atoms with Gasteiger partial charge in [0.15, 0.2) is 0 Å². The monoisotopic (exact) mass is 112 g/mol. The summed E-state index contributed by atoms with van der Waals surface area (Å²) in [5, 5.41) is 0. The summed E-state index contributed by atoms with van der Waals surface area (Å²) in [4.78, 5) is 9.74. The Bertz CT molecular complexity index is 84.4. The normalized spacial score (nSPS) is 14.2. The van der Waals surface area contributed by atoms with Crippen LogP contribution in [0.15, 0.2) is 12.2 Å². The molecular weight excluding hydrogens is 100 g/mol. The summed E-state index contributed by atoms with van der Waals surface area (Å²) >= 11 is 0. The van der Waals surface area contributed by atoms with Gasteiger partial charge in [-0.2, -0.15) is 0 Å². The zero-order chi connectivity index (χ0) is 6.41. The maximum Gasteiger partial charge on any atom is 0.142 e. The topological polar surface area (TPSA) is 17.1 Å². The summed E-state index contributed by atoms with van der Waals surface area (Å²) in [7, 11) is 0. The van der Waals surface area contributed by atoms with E-state index >= 15 is 0 Å². The van der Waals surface area contributed by atoms with Gasteiger partial charge in [-0.1, -0.05) is 26.3 Å². The number of hydrogen-bond donors (Lipinski definition) is 0. The van der Waals surface area contributed by atoms with Crippen LogP contribution in [0.5, 0.6) is 0 Å². The van der Waals surface area contributed by atoms with E-state index in [0.29, 0.717) is 5.92 Å². The first-order valence-corrected chi connectivity index (χ1v) is 2.93. The molecule has 0 fully saturated rings. The van der Waals surface area contributed by atoms with Gasteiger partial charge >= 0.3 is 0 Å². The molecule has 46 valence electrons. The molecule has 0 unspecified atom stereocenters. The van der Waals surface area contributed by atoms with Crippen LogP contribution in [0.4, 0.5) is 0 Å². The summed E-state index contributed by atoms with van der Waals surface area (Å²) < 4.78 is 0. The van der Waals surface area contributed by atoms with Crippen molar-refractivity contribution in [3.63, 3.8) is 0 Å². The van der Waals surface area contributed by atoms with Gasteiger partial charge in [0.25, 0.3) is 0 Å². The van der Waals surface area contributed by atoms with Crippen LogP contribution in [-0.2, 0) is 4.79 Å². The average molecular weight is 112 g/mol. The van der Waals surface area contributed by atoms with E-state index in [4.69, 9.17) is 0 Å². The second-order valence-corrected chi connectivity index (χ2v) is 1.91. The van der Waals surface area contributed by atoms with Crippen LogP contribution in [0.25, 0.3) is 0 Å². The van der Waals surface area contributed by atoms with Gasteiger partial charge in [-0.05, 0) is 12.0 Å². The van der Waals surface area contributed by atoms with Crippen molar-refractivity contribution in [1.29, 1.82) is 0 Å². The van der Waals surface area contributed by atoms with Crippen molar-refractivity contribution >= 4 is 6.29 Å². The highest BCUT2D eigenvalue weighted by Gasteiger charge is 1.87. The van der Waals surface area contributed by atoms with Crippen LogP contribution in [0, 0.1) is 5.92 Å². The molecule has 0 saturated carbocycles. The maximum atomic E-state index is 9.74. The molecule has 0 aliphatic rings. The number of rotatable bonds is 3. The third-order valence-electron chi connectivity index (χ3n) is 1.16. The zero-order valence-electron chi connectivity index (χ0n) is 5.42. The summed E-state index contributed by atoms with van der Waals surface area (Å²) in [5.41, 5.74) is 0. The quantitative estimate of drug-likeness (QED) is 0.402. The number of allylic oxidation sites excluding steroid dienone is 2. The molecule has 0 aromatic carbocycles. The lowest BCUT2D eigenvalue weighted by Gasteiger charge is -1.95. The van der Waals surface area contributed by atoms with Crippen molar-refractivity contribution in [3.05, 3.63) is 12.2 Å². The predicted octanol–water partition coefficient (Wildman–Crippen LogP) is 1.79. The molecule has 0 heterocycles. The van der Waals surface area contributed by atoms with Crippen LogP contribution in [0.1, 0.15) is 20.3 Å². The molecule has 0 aromatic rings. The molecule has 1 heteroatoms. The van der Waals surface area contributed by atoms with Crippen LogP contribution in [0.3, 0.4) is 0 Å². The van der Waals surface area contributed by atoms with Crippen molar-refractivity contribution in [2.45, 2.75) is 20.3 Å². The Hall–Kier alpha value is -0.590. The third-order valence-corrected chi connectivity index (χ3v) is 1.16. The molecule has 0 aliphatic carbocycles. The molecule has 0 aliphatic heterocycles.